The largest absolute Gasteiger partial charge is 0.368 e. The van der Waals surface area contributed by atoms with E-state index in [9.17, 15) is 0 Å². The highest BCUT2D eigenvalue weighted by Crippen LogP contribution is 2.23. The summed E-state index contributed by atoms with van der Waals surface area (Å²) in [6.45, 7) is 1.94. The third kappa shape index (κ3) is 3.15. The van der Waals surface area contributed by atoms with Crippen molar-refractivity contribution >= 4 is 5.95 Å². The number of aromatic nitrogens is 3. The fraction of sp³-hybridized carbons (Fsp3) is 0.429. The molecule has 0 unspecified atom stereocenters. The van der Waals surface area contributed by atoms with Crippen molar-refractivity contribution in [2.24, 2.45) is 0 Å². The van der Waals surface area contributed by atoms with E-state index >= 15 is 0 Å². The number of hydrogen-bond acceptors (Lipinski definition) is 5. The zero-order chi connectivity index (χ0) is 14.5. The van der Waals surface area contributed by atoms with E-state index in [2.05, 4.69) is 15.0 Å². The summed E-state index contributed by atoms with van der Waals surface area (Å²) in [4.78, 5) is 11.3. The molecule has 108 valence electrons. The molecule has 0 saturated carbocycles. The van der Waals surface area contributed by atoms with Crippen LogP contribution in [0, 0.1) is 6.92 Å². The van der Waals surface area contributed by atoms with Crippen LogP contribution in [0.15, 0.2) is 18.6 Å². The number of ether oxygens (including phenoxy) is 2. The molecule has 20 heavy (non-hydrogen) atoms. The average Bonchev–Trinajstić information content (AvgIpc) is 2.88. The number of methoxy groups -OCH3 is 2. The Bertz CT molecular complexity index is 564. The van der Waals surface area contributed by atoms with Crippen LogP contribution in [0.25, 0.3) is 0 Å². The number of aromatic amines is 1. The summed E-state index contributed by atoms with van der Waals surface area (Å²) >= 11 is 0. The van der Waals surface area contributed by atoms with Gasteiger partial charge < -0.3 is 20.2 Å². The highest BCUT2D eigenvalue weighted by molar-refractivity contribution is 5.28. The van der Waals surface area contributed by atoms with Crippen LogP contribution in [0.1, 0.15) is 28.7 Å². The van der Waals surface area contributed by atoms with Crippen LogP contribution in [0.5, 0.6) is 0 Å². The number of rotatable bonds is 6. The summed E-state index contributed by atoms with van der Waals surface area (Å²) in [5, 5.41) is 0. The van der Waals surface area contributed by atoms with Crippen molar-refractivity contribution in [1.82, 2.24) is 15.0 Å². The molecule has 6 nitrogen and oxygen atoms in total. The summed E-state index contributed by atoms with van der Waals surface area (Å²) in [6, 6.07) is 0. The van der Waals surface area contributed by atoms with E-state index in [1.807, 2.05) is 19.3 Å². The van der Waals surface area contributed by atoms with Gasteiger partial charge in [0, 0.05) is 44.1 Å². The molecule has 3 N–H and O–H groups in total. The Morgan fingerprint density at radius 1 is 1.20 bits per heavy atom. The lowest BCUT2D eigenvalue weighted by molar-refractivity contribution is -0.106. The predicted molar refractivity (Wildman–Crippen MR) is 76.1 cm³/mol. The molecule has 0 spiro atoms. The lowest BCUT2D eigenvalue weighted by atomic mass is 10.0. The third-order valence-corrected chi connectivity index (χ3v) is 3.31. The van der Waals surface area contributed by atoms with Crippen molar-refractivity contribution < 1.29 is 9.47 Å². The Morgan fingerprint density at radius 3 is 2.55 bits per heavy atom. The second kappa shape index (κ2) is 6.49. The summed E-state index contributed by atoms with van der Waals surface area (Å²) < 4.78 is 10.6. The molecule has 0 bridgehead atoms. The molecule has 0 amide bonds. The highest BCUT2D eigenvalue weighted by Gasteiger charge is 2.15. The Morgan fingerprint density at radius 2 is 1.90 bits per heavy atom. The fourth-order valence-corrected chi connectivity index (χ4v) is 2.22. The second-order valence-electron chi connectivity index (χ2n) is 4.58. The van der Waals surface area contributed by atoms with Crippen molar-refractivity contribution in [2.75, 3.05) is 20.0 Å². The summed E-state index contributed by atoms with van der Waals surface area (Å²) in [5.74, 6) is 0.312. The Kier molecular flexibility index (Phi) is 4.70. The van der Waals surface area contributed by atoms with E-state index < -0.39 is 0 Å². The van der Waals surface area contributed by atoms with Gasteiger partial charge in [0.25, 0.3) is 0 Å². The van der Waals surface area contributed by atoms with Crippen molar-refractivity contribution in [3.8, 4) is 0 Å². The van der Waals surface area contributed by atoms with Crippen LogP contribution in [-0.4, -0.2) is 29.2 Å². The first-order valence-electron chi connectivity index (χ1n) is 6.44. The lowest BCUT2D eigenvalue weighted by Gasteiger charge is -2.14. The van der Waals surface area contributed by atoms with E-state index in [0.717, 1.165) is 35.2 Å². The molecule has 0 aromatic carbocycles. The van der Waals surface area contributed by atoms with Gasteiger partial charge in [-0.2, -0.15) is 0 Å². The Labute approximate surface area is 118 Å². The van der Waals surface area contributed by atoms with E-state index in [1.165, 1.54) is 0 Å². The monoisotopic (exact) mass is 276 g/mol. The number of nitrogens with zero attached hydrogens (tertiary/aromatic N) is 2. The van der Waals surface area contributed by atoms with Gasteiger partial charge in [0.1, 0.15) is 0 Å². The molecule has 2 rings (SSSR count). The number of nitrogens with two attached hydrogens (primary N) is 1. The van der Waals surface area contributed by atoms with E-state index in [0.29, 0.717) is 5.95 Å². The maximum Gasteiger partial charge on any atom is 0.220 e. The van der Waals surface area contributed by atoms with Gasteiger partial charge in [-0.25, -0.2) is 9.97 Å². The van der Waals surface area contributed by atoms with Crippen molar-refractivity contribution in [3.63, 3.8) is 0 Å². The molecule has 0 radical (unpaired) electrons. The minimum absolute atomic E-state index is 0.312. The van der Waals surface area contributed by atoms with E-state index in [-0.39, 0.29) is 6.29 Å². The molecule has 2 aromatic rings. The number of anilines is 1. The van der Waals surface area contributed by atoms with Crippen molar-refractivity contribution in [3.05, 3.63) is 41.0 Å². The fourth-order valence-electron chi connectivity index (χ4n) is 2.22. The minimum Gasteiger partial charge on any atom is -0.368 e. The van der Waals surface area contributed by atoms with Gasteiger partial charge in [-0.15, -0.1) is 0 Å². The van der Waals surface area contributed by atoms with Crippen LogP contribution in [0.4, 0.5) is 5.95 Å². The number of hydrogen-bond donors (Lipinski definition) is 2. The van der Waals surface area contributed by atoms with Gasteiger partial charge in [0.2, 0.25) is 5.95 Å². The molecular weight excluding hydrogens is 256 g/mol. The standard InChI is InChI=1S/C14H20N4O2/c1-9-10(7-17-14(15)18-9)4-5-11-6-16-8-12(11)13(19-2)20-3/h6-8,13,16H,4-5H2,1-3H3,(H2,15,17,18). The van der Waals surface area contributed by atoms with Gasteiger partial charge >= 0.3 is 0 Å². The summed E-state index contributed by atoms with van der Waals surface area (Å²) in [7, 11) is 3.26. The van der Waals surface area contributed by atoms with Gasteiger partial charge in [-0.05, 0) is 30.9 Å². The van der Waals surface area contributed by atoms with Gasteiger partial charge in [-0.3, -0.25) is 0 Å². The van der Waals surface area contributed by atoms with Gasteiger partial charge in [0.15, 0.2) is 6.29 Å². The number of H-pyrrole nitrogens is 1. The third-order valence-electron chi connectivity index (χ3n) is 3.31. The normalized spacial score (nSPS) is 11.2. The summed E-state index contributed by atoms with van der Waals surface area (Å²) in [5.41, 5.74) is 9.75. The number of nitrogens with one attached hydrogen (secondary N) is 1. The van der Waals surface area contributed by atoms with Crippen molar-refractivity contribution in [2.45, 2.75) is 26.1 Å². The molecule has 0 aliphatic rings. The molecule has 0 fully saturated rings. The van der Waals surface area contributed by atoms with E-state index in [1.54, 1.807) is 20.4 Å². The minimum atomic E-state index is -0.347. The predicted octanol–water partition coefficient (Wildman–Crippen LogP) is 1.77. The van der Waals surface area contributed by atoms with Crippen LogP contribution >= 0.6 is 0 Å². The Balaban J connectivity index is 2.09. The SMILES string of the molecule is COC(OC)c1c[nH]cc1CCc1cnc(N)nc1C. The first kappa shape index (κ1) is 14.5. The van der Waals surface area contributed by atoms with Crippen LogP contribution in [0.3, 0.4) is 0 Å². The van der Waals surface area contributed by atoms with Crippen LogP contribution < -0.4 is 5.73 Å². The summed E-state index contributed by atoms with van der Waals surface area (Å²) in [6.07, 6.45) is 7.01. The van der Waals surface area contributed by atoms with Gasteiger partial charge in [-0.1, -0.05) is 0 Å². The average molecular weight is 276 g/mol. The van der Waals surface area contributed by atoms with Crippen molar-refractivity contribution in [1.29, 1.82) is 0 Å². The quantitative estimate of drug-likeness (QED) is 0.785. The molecule has 0 aliphatic heterocycles. The smallest absolute Gasteiger partial charge is 0.220 e. The second-order valence-corrected chi connectivity index (χ2v) is 4.58. The van der Waals surface area contributed by atoms with Gasteiger partial charge in [0.05, 0.1) is 0 Å². The first-order valence-corrected chi connectivity index (χ1v) is 6.44. The molecule has 0 atom stereocenters. The first-order chi connectivity index (χ1) is 9.65. The Hall–Kier alpha value is -1.92. The molecular formula is C14H20N4O2. The van der Waals surface area contributed by atoms with Crippen LogP contribution in [0.2, 0.25) is 0 Å². The highest BCUT2D eigenvalue weighted by atomic mass is 16.7. The number of nitrogen functional groups attached to an aromatic ring is 1. The maximum atomic E-state index is 5.56. The number of aryl methyl sites for hydroxylation is 3. The topological polar surface area (TPSA) is 86.0 Å². The lowest BCUT2D eigenvalue weighted by Crippen LogP contribution is -2.06. The zero-order valence-electron chi connectivity index (χ0n) is 12.0. The van der Waals surface area contributed by atoms with E-state index in [4.69, 9.17) is 15.2 Å². The molecule has 0 aliphatic carbocycles. The maximum absolute atomic E-state index is 5.56. The molecule has 6 heteroatoms. The zero-order valence-corrected chi connectivity index (χ0v) is 12.0. The molecule has 2 aromatic heterocycles. The van der Waals surface area contributed by atoms with Crippen LogP contribution in [-0.2, 0) is 22.3 Å². The molecule has 0 saturated heterocycles. The molecule has 2 heterocycles.